The van der Waals surface area contributed by atoms with Crippen molar-refractivity contribution < 1.29 is 0 Å². The fourth-order valence-electron chi connectivity index (χ4n) is 2.71. The van der Waals surface area contributed by atoms with E-state index in [2.05, 4.69) is 56.4 Å². The first-order valence-corrected chi connectivity index (χ1v) is 8.02. The standard InChI is InChI=1S/C19H20N2S/c1-12(2)17-19(22)20-16-10-9-13(3)11-15(16)18(21-17)14-7-5-4-6-8-14/h4-12,17H,1-3H3,(H,20,22). The Hall–Kier alpha value is -2.00. The van der Waals surface area contributed by atoms with E-state index in [9.17, 15) is 0 Å². The van der Waals surface area contributed by atoms with Crippen LogP contribution >= 0.6 is 12.2 Å². The van der Waals surface area contributed by atoms with Crippen molar-refractivity contribution in [1.82, 2.24) is 0 Å². The molecule has 1 aliphatic heterocycles. The number of hydrogen-bond donors (Lipinski definition) is 1. The van der Waals surface area contributed by atoms with Crippen LogP contribution < -0.4 is 5.32 Å². The van der Waals surface area contributed by atoms with E-state index in [0.717, 1.165) is 27.5 Å². The second kappa shape index (κ2) is 6.01. The van der Waals surface area contributed by atoms with Crippen molar-refractivity contribution in [1.29, 1.82) is 0 Å². The van der Waals surface area contributed by atoms with Crippen LogP contribution in [0.3, 0.4) is 0 Å². The molecule has 0 fully saturated rings. The Bertz CT molecular complexity index is 732. The predicted molar refractivity (Wildman–Crippen MR) is 98.1 cm³/mol. The smallest absolute Gasteiger partial charge is 0.105 e. The Kier molecular flexibility index (Phi) is 4.08. The van der Waals surface area contributed by atoms with Crippen molar-refractivity contribution in [3.63, 3.8) is 0 Å². The highest BCUT2D eigenvalue weighted by Gasteiger charge is 2.25. The third-order valence-electron chi connectivity index (χ3n) is 3.90. The molecule has 0 bridgehead atoms. The molecule has 22 heavy (non-hydrogen) atoms. The molecule has 1 aliphatic rings. The summed E-state index contributed by atoms with van der Waals surface area (Å²) in [6.45, 7) is 6.42. The van der Waals surface area contributed by atoms with E-state index in [1.165, 1.54) is 5.56 Å². The minimum Gasteiger partial charge on any atom is -0.348 e. The monoisotopic (exact) mass is 308 g/mol. The lowest BCUT2D eigenvalue weighted by molar-refractivity contribution is 0.602. The van der Waals surface area contributed by atoms with Gasteiger partial charge in [-0.2, -0.15) is 0 Å². The fourth-order valence-corrected chi connectivity index (χ4v) is 3.15. The highest BCUT2D eigenvalue weighted by molar-refractivity contribution is 7.80. The summed E-state index contributed by atoms with van der Waals surface area (Å²) < 4.78 is 0. The van der Waals surface area contributed by atoms with Gasteiger partial charge in [-0.25, -0.2) is 0 Å². The SMILES string of the molecule is Cc1ccc2c(c1)C(c1ccccc1)=NC(C(C)C)C(=S)N2. The summed E-state index contributed by atoms with van der Waals surface area (Å²) in [6.07, 6.45) is 0. The Morgan fingerprint density at radius 1 is 1.09 bits per heavy atom. The van der Waals surface area contributed by atoms with E-state index in [0.29, 0.717) is 5.92 Å². The second-order valence-electron chi connectivity index (χ2n) is 6.07. The lowest BCUT2D eigenvalue weighted by atomic mass is 9.98. The summed E-state index contributed by atoms with van der Waals surface area (Å²) >= 11 is 5.58. The molecule has 1 atom stereocenters. The van der Waals surface area contributed by atoms with Gasteiger partial charge in [0.15, 0.2) is 0 Å². The van der Waals surface area contributed by atoms with Crippen LogP contribution in [0.2, 0.25) is 0 Å². The number of thiocarbonyl (C=S) groups is 1. The van der Waals surface area contributed by atoms with E-state index < -0.39 is 0 Å². The number of benzene rings is 2. The summed E-state index contributed by atoms with van der Waals surface area (Å²) in [5.74, 6) is 0.356. The fraction of sp³-hybridized carbons (Fsp3) is 0.263. The number of benzodiazepines with no additional fused rings is 1. The minimum absolute atomic E-state index is 0.00193. The number of aliphatic imine (C=N–C) groups is 1. The van der Waals surface area contributed by atoms with Crippen molar-refractivity contribution >= 4 is 28.6 Å². The van der Waals surface area contributed by atoms with Gasteiger partial charge in [0.2, 0.25) is 0 Å². The molecule has 112 valence electrons. The zero-order valence-corrected chi connectivity index (χ0v) is 13.9. The van der Waals surface area contributed by atoms with Crippen molar-refractivity contribution in [3.8, 4) is 0 Å². The van der Waals surface area contributed by atoms with E-state index in [4.69, 9.17) is 17.2 Å². The lowest BCUT2D eigenvalue weighted by Gasteiger charge is -2.17. The first kappa shape index (κ1) is 14.9. The Labute approximate surface area is 137 Å². The molecule has 1 N–H and O–H groups in total. The first-order valence-electron chi connectivity index (χ1n) is 7.61. The van der Waals surface area contributed by atoms with Crippen LogP contribution in [0.25, 0.3) is 0 Å². The number of aryl methyl sites for hydroxylation is 1. The molecule has 2 aromatic rings. The van der Waals surface area contributed by atoms with Crippen LogP contribution in [0.15, 0.2) is 53.5 Å². The molecular weight excluding hydrogens is 288 g/mol. The topological polar surface area (TPSA) is 24.4 Å². The van der Waals surface area contributed by atoms with Crippen LogP contribution in [0.1, 0.15) is 30.5 Å². The predicted octanol–water partition coefficient (Wildman–Crippen LogP) is 4.61. The molecular formula is C19H20N2S. The van der Waals surface area contributed by atoms with Gasteiger partial charge in [-0.15, -0.1) is 0 Å². The summed E-state index contributed by atoms with van der Waals surface area (Å²) in [5, 5.41) is 3.40. The van der Waals surface area contributed by atoms with Gasteiger partial charge in [-0.3, -0.25) is 4.99 Å². The quantitative estimate of drug-likeness (QED) is 0.819. The number of hydrogen-bond acceptors (Lipinski definition) is 2. The molecule has 0 aliphatic carbocycles. The van der Waals surface area contributed by atoms with E-state index >= 15 is 0 Å². The van der Waals surface area contributed by atoms with Crippen molar-refractivity contribution in [3.05, 3.63) is 65.2 Å². The van der Waals surface area contributed by atoms with Crippen molar-refractivity contribution in [2.45, 2.75) is 26.8 Å². The molecule has 2 nitrogen and oxygen atoms in total. The summed E-state index contributed by atoms with van der Waals surface area (Å²) in [6, 6.07) is 16.7. The van der Waals surface area contributed by atoms with Gasteiger partial charge in [-0.1, -0.05) is 68.0 Å². The van der Waals surface area contributed by atoms with Gasteiger partial charge in [0.05, 0.1) is 5.71 Å². The Balaban J connectivity index is 2.23. The average molecular weight is 308 g/mol. The third-order valence-corrected chi connectivity index (χ3v) is 4.25. The van der Waals surface area contributed by atoms with Crippen LogP contribution in [0.5, 0.6) is 0 Å². The van der Waals surface area contributed by atoms with Gasteiger partial charge in [0.25, 0.3) is 0 Å². The molecule has 3 rings (SSSR count). The van der Waals surface area contributed by atoms with Crippen molar-refractivity contribution in [2.75, 3.05) is 5.32 Å². The second-order valence-corrected chi connectivity index (χ2v) is 6.51. The van der Waals surface area contributed by atoms with Crippen molar-refractivity contribution in [2.24, 2.45) is 10.9 Å². The van der Waals surface area contributed by atoms with Gasteiger partial charge in [-0.05, 0) is 25.0 Å². The summed E-state index contributed by atoms with van der Waals surface area (Å²) in [7, 11) is 0. The molecule has 0 amide bonds. The molecule has 0 saturated carbocycles. The summed E-state index contributed by atoms with van der Waals surface area (Å²) in [5.41, 5.74) is 5.54. The lowest BCUT2D eigenvalue weighted by Crippen LogP contribution is -2.28. The molecule has 0 radical (unpaired) electrons. The molecule has 3 heteroatoms. The van der Waals surface area contributed by atoms with Gasteiger partial charge < -0.3 is 5.32 Å². The summed E-state index contributed by atoms with van der Waals surface area (Å²) in [4.78, 5) is 5.82. The normalized spacial score (nSPS) is 17.5. The third kappa shape index (κ3) is 2.81. The van der Waals surface area contributed by atoms with Gasteiger partial charge in [0.1, 0.15) is 11.0 Å². The molecule has 2 aromatic carbocycles. The van der Waals surface area contributed by atoms with E-state index in [1.807, 2.05) is 18.2 Å². The largest absolute Gasteiger partial charge is 0.348 e. The molecule has 0 aromatic heterocycles. The highest BCUT2D eigenvalue weighted by atomic mass is 32.1. The number of rotatable bonds is 2. The number of fused-ring (bicyclic) bond motifs is 1. The van der Waals surface area contributed by atoms with Crippen LogP contribution in [-0.2, 0) is 0 Å². The maximum Gasteiger partial charge on any atom is 0.105 e. The number of anilines is 1. The Morgan fingerprint density at radius 2 is 1.82 bits per heavy atom. The van der Waals surface area contributed by atoms with Gasteiger partial charge >= 0.3 is 0 Å². The zero-order chi connectivity index (χ0) is 15.7. The van der Waals surface area contributed by atoms with E-state index in [1.54, 1.807) is 0 Å². The van der Waals surface area contributed by atoms with Gasteiger partial charge in [0, 0.05) is 16.8 Å². The van der Waals surface area contributed by atoms with Crippen LogP contribution in [-0.4, -0.2) is 16.7 Å². The van der Waals surface area contributed by atoms with Crippen LogP contribution in [0, 0.1) is 12.8 Å². The average Bonchev–Trinajstić information content (AvgIpc) is 2.64. The first-order chi connectivity index (χ1) is 10.6. The molecule has 0 saturated heterocycles. The highest BCUT2D eigenvalue weighted by Crippen LogP contribution is 2.27. The number of nitrogens with zero attached hydrogens (tertiary/aromatic N) is 1. The molecule has 1 heterocycles. The molecule has 1 unspecified atom stereocenters. The Morgan fingerprint density at radius 3 is 2.50 bits per heavy atom. The maximum absolute atomic E-state index is 5.58. The number of nitrogens with one attached hydrogen (secondary N) is 1. The van der Waals surface area contributed by atoms with E-state index in [-0.39, 0.29) is 6.04 Å². The maximum atomic E-state index is 5.58. The minimum atomic E-state index is -0.00193. The van der Waals surface area contributed by atoms with Crippen LogP contribution in [0.4, 0.5) is 5.69 Å². The molecule has 0 spiro atoms. The zero-order valence-electron chi connectivity index (χ0n) is 13.1.